The molecule has 6 heteroatoms. The Morgan fingerprint density at radius 3 is 2.41 bits per heavy atom. The molecule has 0 unspecified atom stereocenters. The van der Waals surface area contributed by atoms with Gasteiger partial charge in [-0.1, -0.05) is 6.92 Å². The SMILES string of the molecule is COCCOCCS(=O)(=O)N1CCC(C)CC1. The van der Waals surface area contributed by atoms with Gasteiger partial charge in [0.2, 0.25) is 10.0 Å². The monoisotopic (exact) mass is 265 g/mol. The summed E-state index contributed by atoms with van der Waals surface area (Å²) >= 11 is 0. The Bertz CT molecular complexity index is 297. The van der Waals surface area contributed by atoms with Gasteiger partial charge in [-0.2, -0.15) is 0 Å². The molecule has 102 valence electrons. The summed E-state index contributed by atoms with van der Waals surface area (Å²) in [4.78, 5) is 0. The molecule has 1 fully saturated rings. The van der Waals surface area contributed by atoms with Crippen LogP contribution in [-0.4, -0.2) is 58.5 Å². The molecule has 0 aliphatic carbocycles. The van der Waals surface area contributed by atoms with Crippen LogP contribution in [-0.2, 0) is 19.5 Å². The molecule has 17 heavy (non-hydrogen) atoms. The summed E-state index contributed by atoms with van der Waals surface area (Å²) in [5.41, 5.74) is 0. The van der Waals surface area contributed by atoms with Gasteiger partial charge < -0.3 is 9.47 Å². The summed E-state index contributed by atoms with van der Waals surface area (Å²) in [5.74, 6) is 0.713. The molecule has 0 aromatic carbocycles. The Hall–Kier alpha value is -0.170. The van der Waals surface area contributed by atoms with Crippen LogP contribution in [0.2, 0.25) is 0 Å². The number of hydrogen-bond acceptors (Lipinski definition) is 4. The highest BCUT2D eigenvalue weighted by atomic mass is 32.2. The third kappa shape index (κ3) is 5.33. The van der Waals surface area contributed by atoms with E-state index in [2.05, 4.69) is 6.92 Å². The molecule has 0 aromatic rings. The van der Waals surface area contributed by atoms with Crippen molar-refractivity contribution >= 4 is 10.0 Å². The number of sulfonamides is 1. The first-order valence-corrected chi connectivity index (χ1v) is 7.71. The van der Waals surface area contributed by atoms with E-state index in [0.717, 1.165) is 12.8 Å². The van der Waals surface area contributed by atoms with Crippen molar-refractivity contribution in [3.63, 3.8) is 0 Å². The zero-order valence-electron chi connectivity index (χ0n) is 10.7. The number of nitrogens with zero attached hydrogens (tertiary/aromatic N) is 1. The predicted octanol–water partition coefficient (Wildman–Crippen LogP) is 0.711. The fraction of sp³-hybridized carbons (Fsp3) is 1.00. The van der Waals surface area contributed by atoms with E-state index in [1.165, 1.54) is 0 Å². The second-order valence-electron chi connectivity index (χ2n) is 4.50. The Morgan fingerprint density at radius 1 is 1.18 bits per heavy atom. The van der Waals surface area contributed by atoms with Crippen molar-refractivity contribution < 1.29 is 17.9 Å². The fourth-order valence-corrected chi connectivity index (χ4v) is 3.15. The molecule has 1 aliphatic rings. The third-order valence-corrected chi connectivity index (χ3v) is 4.89. The van der Waals surface area contributed by atoms with E-state index < -0.39 is 10.0 Å². The predicted molar refractivity (Wildman–Crippen MR) is 66.5 cm³/mol. The maximum Gasteiger partial charge on any atom is 0.216 e. The summed E-state index contributed by atoms with van der Waals surface area (Å²) < 4.78 is 35.5. The lowest BCUT2D eigenvalue weighted by Crippen LogP contribution is -2.40. The first kappa shape index (κ1) is 14.9. The van der Waals surface area contributed by atoms with Gasteiger partial charge in [-0.25, -0.2) is 12.7 Å². The number of rotatable bonds is 7. The van der Waals surface area contributed by atoms with Gasteiger partial charge in [0.25, 0.3) is 0 Å². The van der Waals surface area contributed by atoms with E-state index in [9.17, 15) is 8.42 Å². The molecule has 0 N–H and O–H groups in total. The van der Waals surface area contributed by atoms with Crippen molar-refractivity contribution in [3.8, 4) is 0 Å². The van der Waals surface area contributed by atoms with Gasteiger partial charge >= 0.3 is 0 Å². The second kappa shape index (κ2) is 7.31. The zero-order chi connectivity index (χ0) is 12.7. The van der Waals surface area contributed by atoms with Gasteiger partial charge in [0, 0.05) is 20.2 Å². The third-order valence-electron chi connectivity index (χ3n) is 3.05. The molecule has 1 saturated heterocycles. The number of ether oxygens (including phenoxy) is 2. The number of methoxy groups -OCH3 is 1. The smallest absolute Gasteiger partial charge is 0.216 e. The summed E-state index contributed by atoms with van der Waals surface area (Å²) in [6.07, 6.45) is 1.92. The molecule has 1 rings (SSSR count). The van der Waals surface area contributed by atoms with Crippen LogP contribution in [0.25, 0.3) is 0 Å². The van der Waals surface area contributed by atoms with Crippen molar-refractivity contribution in [3.05, 3.63) is 0 Å². The van der Waals surface area contributed by atoms with Crippen molar-refractivity contribution in [1.82, 2.24) is 4.31 Å². The molecule has 0 amide bonds. The molecule has 0 radical (unpaired) electrons. The summed E-state index contributed by atoms with van der Waals surface area (Å²) in [5, 5.41) is 0. The Labute approximate surface area is 104 Å². The van der Waals surface area contributed by atoms with Crippen molar-refractivity contribution in [1.29, 1.82) is 0 Å². The lowest BCUT2D eigenvalue weighted by atomic mass is 10.0. The van der Waals surface area contributed by atoms with Crippen LogP contribution in [0.1, 0.15) is 19.8 Å². The second-order valence-corrected chi connectivity index (χ2v) is 6.59. The topological polar surface area (TPSA) is 55.8 Å². The minimum atomic E-state index is -3.13. The fourth-order valence-electron chi connectivity index (χ4n) is 1.80. The van der Waals surface area contributed by atoms with E-state index in [-0.39, 0.29) is 12.4 Å². The van der Waals surface area contributed by atoms with Crippen molar-refractivity contribution in [2.24, 2.45) is 5.92 Å². The normalized spacial score (nSPS) is 19.6. The first-order valence-electron chi connectivity index (χ1n) is 6.11. The maximum absolute atomic E-state index is 11.9. The summed E-state index contributed by atoms with van der Waals surface area (Å²) in [6, 6.07) is 0. The van der Waals surface area contributed by atoms with E-state index in [0.29, 0.717) is 32.2 Å². The minimum Gasteiger partial charge on any atom is -0.382 e. The molecule has 0 atom stereocenters. The van der Waals surface area contributed by atoms with Gasteiger partial charge in [0.05, 0.1) is 25.6 Å². The zero-order valence-corrected chi connectivity index (χ0v) is 11.5. The van der Waals surface area contributed by atoms with Crippen LogP contribution in [0.4, 0.5) is 0 Å². The standard InChI is InChI=1S/C11H23NO4S/c1-11-3-5-12(6-4-11)17(13,14)10-9-16-8-7-15-2/h11H,3-10H2,1-2H3. The summed E-state index contributed by atoms with van der Waals surface area (Å²) in [6.45, 7) is 4.67. The summed E-state index contributed by atoms with van der Waals surface area (Å²) in [7, 11) is -1.53. The van der Waals surface area contributed by atoms with Crippen LogP contribution >= 0.6 is 0 Å². The van der Waals surface area contributed by atoms with E-state index in [4.69, 9.17) is 9.47 Å². The van der Waals surface area contributed by atoms with E-state index in [1.807, 2.05) is 0 Å². The number of piperidine rings is 1. The lowest BCUT2D eigenvalue weighted by molar-refractivity contribution is 0.0780. The van der Waals surface area contributed by atoms with Crippen LogP contribution in [0, 0.1) is 5.92 Å². The van der Waals surface area contributed by atoms with Gasteiger partial charge in [-0.05, 0) is 18.8 Å². The van der Waals surface area contributed by atoms with Crippen LogP contribution in [0.3, 0.4) is 0 Å². The highest BCUT2D eigenvalue weighted by Gasteiger charge is 2.25. The van der Waals surface area contributed by atoms with Crippen molar-refractivity contribution in [2.45, 2.75) is 19.8 Å². The van der Waals surface area contributed by atoms with E-state index in [1.54, 1.807) is 11.4 Å². The van der Waals surface area contributed by atoms with Crippen molar-refractivity contribution in [2.75, 3.05) is 45.8 Å². The minimum absolute atomic E-state index is 0.0745. The Kier molecular flexibility index (Phi) is 6.40. The average Bonchev–Trinajstić information content (AvgIpc) is 2.29. The van der Waals surface area contributed by atoms with E-state index >= 15 is 0 Å². The van der Waals surface area contributed by atoms with Crippen LogP contribution in [0.15, 0.2) is 0 Å². The molecule has 0 aromatic heterocycles. The molecule has 1 aliphatic heterocycles. The van der Waals surface area contributed by atoms with Gasteiger partial charge in [-0.3, -0.25) is 0 Å². The van der Waals surface area contributed by atoms with Gasteiger partial charge in [0.1, 0.15) is 0 Å². The highest BCUT2D eigenvalue weighted by Crippen LogP contribution is 2.18. The highest BCUT2D eigenvalue weighted by molar-refractivity contribution is 7.89. The Morgan fingerprint density at radius 2 is 1.82 bits per heavy atom. The molecule has 5 nitrogen and oxygen atoms in total. The van der Waals surface area contributed by atoms with Gasteiger partial charge in [0.15, 0.2) is 0 Å². The Balaban J connectivity index is 2.25. The first-order chi connectivity index (χ1) is 8.06. The molecule has 1 heterocycles. The van der Waals surface area contributed by atoms with Crippen LogP contribution < -0.4 is 0 Å². The molecule has 0 spiro atoms. The average molecular weight is 265 g/mol. The lowest BCUT2D eigenvalue weighted by Gasteiger charge is -2.29. The van der Waals surface area contributed by atoms with Crippen LogP contribution in [0.5, 0.6) is 0 Å². The molecule has 0 bridgehead atoms. The quantitative estimate of drug-likeness (QED) is 0.636. The maximum atomic E-state index is 11.9. The number of hydrogen-bond donors (Lipinski definition) is 0. The molecule has 0 saturated carbocycles. The van der Waals surface area contributed by atoms with Gasteiger partial charge in [-0.15, -0.1) is 0 Å². The molecular weight excluding hydrogens is 242 g/mol. The largest absolute Gasteiger partial charge is 0.382 e. The molecular formula is C11H23NO4S.